The Morgan fingerprint density at radius 1 is 1.29 bits per heavy atom. The third-order valence-corrected chi connectivity index (χ3v) is 3.94. The molecule has 2 N–H and O–H groups in total. The summed E-state index contributed by atoms with van der Waals surface area (Å²) in [5.74, 6) is 0.397. The van der Waals surface area contributed by atoms with Gasteiger partial charge in [-0.2, -0.15) is 13.2 Å². The Hall–Kier alpha value is -1.19. The predicted molar refractivity (Wildman–Crippen MR) is 102 cm³/mol. The van der Waals surface area contributed by atoms with E-state index in [-0.39, 0.29) is 36.6 Å². The Balaban J connectivity index is 0.00000288. The SMILES string of the molecule is CN=C(NCCC(F)(F)F)NCC(C)N1CCc2ccccc21.I. The zero-order valence-electron chi connectivity index (χ0n) is 13.9. The van der Waals surface area contributed by atoms with Crippen molar-refractivity contribution < 1.29 is 13.2 Å². The van der Waals surface area contributed by atoms with Gasteiger partial charge in [-0.05, 0) is 25.0 Å². The molecule has 0 radical (unpaired) electrons. The Labute approximate surface area is 157 Å². The fraction of sp³-hybridized carbons (Fsp3) is 0.562. The summed E-state index contributed by atoms with van der Waals surface area (Å²) in [6.07, 6.45) is -4.00. The number of halogens is 4. The number of aliphatic imine (C=N–C) groups is 1. The van der Waals surface area contributed by atoms with E-state index in [1.165, 1.54) is 11.3 Å². The van der Waals surface area contributed by atoms with Crippen LogP contribution in [-0.2, 0) is 6.42 Å². The molecule has 0 saturated carbocycles. The molecule has 1 unspecified atom stereocenters. The van der Waals surface area contributed by atoms with Gasteiger partial charge in [0.25, 0.3) is 0 Å². The van der Waals surface area contributed by atoms with Crippen LogP contribution in [0.5, 0.6) is 0 Å². The topological polar surface area (TPSA) is 39.7 Å². The van der Waals surface area contributed by atoms with Crippen LogP contribution in [0.4, 0.5) is 18.9 Å². The van der Waals surface area contributed by atoms with Crippen LogP contribution in [0.15, 0.2) is 29.3 Å². The molecule has 0 fully saturated rings. The molecule has 0 amide bonds. The molecule has 136 valence electrons. The molecule has 1 aliphatic heterocycles. The number of anilines is 1. The maximum atomic E-state index is 12.2. The normalized spacial score (nSPS) is 15.5. The van der Waals surface area contributed by atoms with Gasteiger partial charge < -0.3 is 15.5 Å². The molecule has 2 rings (SSSR count). The van der Waals surface area contributed by atoms with Crippen molar-refractivity contribution in [3.8, 4) is 0 Å². The number of benzene rings is 1. The number of hydrogen-bond acceptors (Lipinski definition) is 2. The summed E-state index contributed by atoms with van der Waals surface area (Å²) >= 11 is 0. The molecule has 24 heavy (non-hydrogen) atoms. The summed E-state index contributed by atoms with van der Waals surface area (Å²) in [6.45, 7) is 3.49. The predicted octanol–water partition coefficient (Wildman–Crippen LogP) is 3.17. The molecule has 0 spiro atoms. The van der Waals surface area contributed by atoms with Gasteiger partial charge in [0.15, 0.2) is 5.96 Å². The summed E-state index contributed by atoms with van der Waals surface area (Å²) < 4.78 is 36.5. The summed E-state index contributed by atoms with van der Waals surface area (Å²) in [5.41, 5.74) is 2.58. The minimum atomic E-state index is -4.15. The molecular formula is C16H24F3IN4. The van der Waals surface area contributed by atoms with Crippen LogP contribution in [0, 0.1) is 0 Å². The van der Waals surface area contributed by atoms with Gasteiger partial charge in [0.1, 0.15) is 0 Å². The van der Waals surface area contributed by atoms with Gasteiger partial charge in [-0.1, -0.05) is 18.2 Å². The van der Waals surface area contributed by atoms with Crippen molar-refractivity contribution in [1.82, 2.24) is 10.6 Å². The third-order valence-electron chi connectivity index (χ3n) is 3.94. The maximum Gasteiger partial charge on any atom is 0.390 e. The first kappa shape index (κ1) is 20.9. The molecule has 0 aromatic heterocycles. The second-order valence-corrected chi connectivity index (χ2v) is 5.67. The van der Waals surface area contributed by atoms with E-state index in [2.05, 4.69) is 39.6 Å². The second kappa shape index (κ2) is 9.33. The summed E-state index contributed by atoms with van der Waals surface area (Å²) in [4.78, 5) is 6.27. The molecule has 1 aliphatic rings. The average molecular weight is 456 g/mol. The van der Waals surface area contributed by atoms with Crippen LogP contribution < -0.4 is 15.5 Å². The summed E-state index contributed by atoms with van der Waals surface area (Å²) in [7, 11) is 1.55. The van der Waals surface area contributed by atoms with E-state index in [0.717, 1.165) is 13.0 Å². The van der Waals surface area contributed by atoms with E-state index >= 15 is 0 Å². The first-order valence-corrected chi connectivity index (χ1v) is 7.76. The molecular weight excluding hydrogens is 432 g/mol. The van der Waals surface area contributed by atoms with Crippen LogP contribution in [-0.4, -0.2) is 44.9 Å². The molecule has 1 aromatic rings. The fourth-order valence-corrected chi connectivity index (χ4v) is 2.72. The lowest BCUT2D eigenvalue weighted by atomic mass is 10.2. The van der Waals surface area contributed by atoms with Crippen LogP contribution in [0.2, 0.25) is 0 Å². The molecule has 0 bridgehead atoms. The van der Waals surface area contributed by atoms with Gasteiger partial charge in [-0.25, -0.2) is 0 Å². The molecule has 1 heterocycles. The minimum absolute atomic E-state index is 0. The molecule has 8 heteroatoms. The number of alkyl halides is 3. The van der Waals surface area contributed by atoms with Crippen LogP contribution in [0.25, 0.3) is 0 Å². The van der Waals surface area contributed by atoms with Gasteiger partial charge >= 0.3 is 6.18 Å². The van der Waals surface area contributed by atoms with Crippen molar-refractivity contribution in [3.05, 3.63) is 29.8 Å². The number of hydrogen-bond donors (Lipinski definition) is 2. The number of rotatable bonds is 5. The number of fused-ring (bicyclic) bond motifs is 1. The number of para-hydroxylation sites is 1. The smallest absolute Gasteiger partial charge is 0.366 e. The first-order valence-electron chi connectivity index (χ1n) is 7.76. The zero-order valence-corrected chi connectivity index (χ0v) is 16.2. The van der Waals surface area contributed by atoms with E-state index in [0.29, 0.717) is 12.5 Å². The lowest BCUT2D eigenvalue weighted by molar-refractivity contribution is -0.132. The highest BCUT2D eigenvalue weighted by Gasteiger charge is 2.26. The fourth-order valence-electron chi connectivity index (χ4n) is 2.72. The highest BCUT2D eigenvalue weighted by atomic mass is 127. The average Bonchev–Trinajstić information content (AvgIpc) is 2.93. The van der Waals surface area contributed by atoms with E-state index in [4.69, 9.17) is 0 Å². The number of nitrogens with one attached hydrogen (secondary N) is 2. The van der Waals surface area contributed by atoms with Crippen LogP contribution in [0.3, 0.4) is 0 Å². The van der Waals surface area contributed by atoms with Crippen molar-refractivity contribution >= 4 is 35.6 Å². The van der Waals surface area contributed by atoms with Crippen molar-refractivity contribution in [2.24, 2.45) is 4.99 Å². The number of nitrogens with zero attached hydrogens (tertiary/aromatic N) is 2. The first-order chi connectivity index (χ1) is 10.9. The van der Waals surface area contributed by atoms with Gasteiger partial charge in [0.2, 0.25) is 0 Å². The monoisotopic (exact) mass is 456 g/mol. The van der Waals surface area contributed by atoms with Crippen molar-refractivity contribution in [2.45, 2.75) is 32.0 Å². The van der Waals surface area contributed by atoms with E-state index in [1.807, 2.05) is 12.1 Å². The van der Waals surface area contributed by atoms with Gasteiger partial charge in [0.05, 0.1) is 6.42 Å². The third kappa shape index (κ3) is 6.03. The quantitative estimate of drug-likeness (QED) is 0.407. The van der Waals surface area contributed by atoms with E-state index in [1.54, 1.807) is 7.05 Å². The Morgan fingerprint density at radius 3 is 2.67 bits per heavy atom. The van der Waals surface area contributed by atoms with Gasteiger partial charge in [0, 0.05) is 38.4 Å². The largest absolute Gasteiger partial charge is 0.390 e. The van der Waals surface area contributed by atoms with Crippen molar-refractivity contribution in [1.29, 1.82) is 0 Å². The van der Waals surface area contributed by atoms with Crippen LogP contribution in [0.1, 0.15) is 18.9 Å². The number of guanidine groups is 1. The minimum Gasteiger partial charge on any atom is -0.366 e. The van der Waals surface area contributed by atoms with Gasteiger partial charge in [-0.3, -0.25) is 4.99 Å². The highest BCUT2D eigenvalue weighted by molar-refractivity contribution is 14.0. The van der Waals surface area contributed by atoms with Crippen molar-refractivity contribution in [2.75, 3.05) is 31.6 Å². The molecule has 0 aliphatic carbocycles. The maximum absolute atomic E-state index is 12.2. The van der Waals surface area contributed by atoms with E-state index in [9.17, 15) is 13.2 Å². The molecule has 1 atom stereocenters. The Bertz CT molecular complexity index is 548. The zero-order chi connectivity index (χ0) is 16.9. The van der Waals surface area contributed by atoms with Crippen LogP contribution >= 0.6 is 24.0 Å². The Morgan fingerprint density at radius 2 is 2.00 bits per heavy atom. The van der Waals surface area contributed by atoms with Crippen molar-refractivity contribution in [3.63, 3.8) is 0 Å². The van der Waals surface area contributed by atoms with Gasteiger partial charge in [-0.15, -0.1) is 24.0 Å². The molecule has 1 aromatic carbocycles. The highest BCUT2D eigenvalue weighted by Crippen LogP contribution is 2.28. The summed E-state index contributed by atoms with van der Waals surface area (Å²) in [5, 5.41) is 5.78. The molecule has 4 nitrogen and oxygen atoms in total. The Kier molecular flexibility index (Phi) is 8.11. The lowest BCUT2D eigenvalue weighted by Gasteiger charge is -2.28. The summed E-state index contributed by atoms with van der Waals surface area (Å²) in [6, 6.07) is 8.52. The standard InChI is InChI=1S/C16H23F3N4.HI/c1-12(23-10-7-13-5-3-4-6-14(13)23)11-22-15(20-2)21-9-8-16(17,18)19;/h3-6,12H,7-11H2,1-2H3,(H2,20,21,22);1H. The second-order valence-electron chi connectivity index (χ2n) is 5.67. The molecule has 0 saturated heterocycles. The van der Waals surface area contributed by atoms with E-state index < -0.39 is 12.6 Å². The lowest BCUT2D eigenvalue weighted by Crippen LogP contribution is -2.46.